The van der Waals surface area contributed by atoms with Gasteiger partial charge in [-0.2, -0.15) is 0 Å². The summed E-state index contributed by atoms with van der Waals surface area (Å²) in [6, 6.07) is 0. The van der Waals surface area contributed by atoms with E-state index in [0.717, 1.165) is 0 Å². The first-order valence-corrected chi connectivity index (χ1v) is 2.78. The number of allylic oxidation sites excluding steroid dienone is 2. The highest BCUT2D eigenvalue weighted by Crippen LogP contribution is 2.04. The van der Waals surface area contributed by atoms with Gasteiger partial charge in [-0.3, -0.25) is 9.59 Å². The molecule has 0 amide bonds. The molecule has 0 saturated heterocycles. The van der Waals surface area contributed by atoms with Gasteiger partial charge in [0.1, 0.15) is 6.29 Å². The van der Waals surface area contributed by atoms with Crippen molar-refractivity contribution < 1.29 is 9.59 Å². The summed E-state index contributed by atoms with van der Waals surface area (Å²) in [5.74, 6) is 0. The molecule has 2 nitrogen and oxygen atoms in total. The molecule has 0 aliphatic heterocycles. The molecule has 0 aliphatic rings. The molecule has 0 aromatic rings. The van der Waals surface area contributed by atoms with E-state index in [1.165, 1.54) is 0 Å². The molecule has 0 unspecified atom stereocenters. The van der Waals surface area contributed by atoms with E-state index in [1.807, 2.05) is 0 Å². The molecule has 0 atom stereocenters. The number of rotatable bonds is 2. The van der Waals surface area contributed by atoms with E-state index in [2.05, 4.69) is 15.9 Å². The zero-order valence-electron chi connectivity index (χ0n) is 4.35. The number of hydrogen-bond donors (Lipinski definition) is 0. The van der Waals surface area contributed by atoms with Gasteiger partial charge in [0.25, 0.3) is 0 Å². The zero-order chi connectivity index (χ0) is 6.57. The summed E-state index contributed by atoms with van der Waals surface area (Å²) in [6.07, 6.45) is 1.21. The highest BCUT2D eigenvalue weighted by Gasteiger charge is 1.91. The van der Waals surface area contributed by atoms with Gasteiger partial charge in [0, 0.05) is 5.57 Å². The quantitative estimate of drug-likeness (QED) is 0.466. The standard InChI is InChI=1S/C5H5BrO2/c1-4(2-7)5(6)3-8/h2-3H,1H3/b5-4+. The first-order valence-electron chi connectivity index (χ1n) is 1.99. The summed E-state index contributed by atoms with van der Waals surface area (Å²) in [4.78, 5) is 19.7. The van der Waals surface area contributed by atoms with E-state index in [0.29, 0.717) is 22.6 Å². The van der Waals surface area contributed by atoms with Crippen molar-refractivity contribution in [3.8, 4) is 0 Å². The van der Waals surface area contributed by atoms with Crippen LogP contribution < -0.4 is 0 Å². The Morgan fingerprint density at radius 1 is 1.38 bits per heavy atom. The highest BCUT2D eigenvalue weighted by molar-refractivity contribution is 9.12. The summed E-state index contributed by atoms with van der Waals surface area (Å²) in [5.41, 5.74) is 0.417. The Kier molecular flexibility index (Phi) is 3.35. The highest BCUT2D eigenvalue weighted by atomic mass is 79.9. The lowest BCUT2D eigenvalue weighted by Crippen LogP contribution is -1.81. The first-order chi connectivity index (χ1) is 3.72. The molecular formula is C5H5BrO2. The monoisotopic (exact) mass is 176 g/mol. The smallest absolute Gasteiger partial charge is 0.157 e. The molecule has 0 N–H and O–H groups in total. The predicted octanol–water partition coefficient (Wildman–Crippen LogP) is 1.05. The van der Waals surface area contributed by atoms with Crippen molar-refractivity contribution >= 4 is 28.5 Å². The van der Waals surface area contributed by atoms with Crippen molar-refractivity contribution in [2.24, 2.45) is 0 Å². The third kappa shape index (κ3) is 2.02. The third-order valence-electron chi connectivity index (χ3n) is 0.657. The van der Waals surface area contributed by atoms with E-state index < -0.39 is 0 Å². The maximum atomic E-state index is 9.86. The van der Waals surface area contributed by atoms with Gasteiger partial charge in [-0.15, -0.1) is 0 Å². The molecule has 44 valence electrons. The van der Waals surface area contributed by atoms with Crippen LogP contribution in [0.25, 0.3) is 0 Å². The Morgan fingerprint density at radius 2 is 1.88 bits per heavy atom. The van der Waals surface area contributed by atoms with Crippen LogP contribution in [-0.4, -0.2) is 12.6 Å². The molecule has 0 bridgehead atoms. The molecule has 0 aromatic carbocycles. The topological polar surface area (TPSA) is 34.1 Å². The normalized spacial score (nSPS) is 12.2. The SMILES string of the molecule is C/C(C=O)=C(\Br)C=O. The molecular weight excluding hydrogens is 172 g/mol. The van der Waals surface area contributed by atoms with Crippen molar-refractivity contribution in [1.29, 1.82) is 0 Å². The van der Waals surface area contributed by atoms with Gasteiger partial charge in [-0.1, -0.05) is 0 Å². The van der Waals surface area contributed by atoms with Gasteiger partial charge in [0.15, 0.2) is 6.29 Å². The third-order valence-corrected chi connectivity index (χ3v) is 1.47. The van der Waals surface area contributed by atoms with Gasteiger partial charge in [0.2, 0.25) is 0 Å². The Bertz CT molecular complexity index is 121. The summed E-state index contributed by atoms with van der Waals surface area (Å²) in [5, 5.41) is 0. The lowest BCUT2D eigenvalue weighted by molar-refractivity contribution is -0.106. The van der Waals surface area contributed by atoms with E-state index in [4.69, 9.17) is 0 Å². The van der Waals surface area contributed by atoms with Crippen LogP contribution in [0.2, 0.25) is 0 Å². The largest absolute Gasteiger partial charge is 0.298 e. The van der Waals surface area contributed by atoms with Crippen LogP contribution in [0.1, 0.15) is 6.92 Å². The van der Waals surface area contributed by atoms with Gasteiger partial charge in [0.05, 0.1) is 4.48 Å². The van der Waals surface area contributed by atoms with Crippen LogP contribution in [0.4, 0.5) is 0 Å². The number of aldehydes is 2. The fraction of sp³-hybridized carbons (Fsp3) is 0.200. The van der Waals surface area contributed by atoms with Crippen LogP contribution in [0.3, 0.4) is 0 Å². The first kappa shape index (κ1) is 7.56. The number of carbonyl (C=O) groups excluding carboxylic acids is 2. The maximum absolute atomic E-state index is 9.86. The molecule has 0 saturated carbocycles. The van der Waals surface area contributed by atoms with Crippen LogP contribution >= 0.6 is 15.9 Å². The fourth-order valence-corrected chi connectivity index (χ4v) is 0.243. The van der Waals surface area contributed by atoms with Gasteiger partial charge < -0.3 is 0 Å². The molecule has 0 radical (unpaired) electrons. The molecule has 8 heavy (non-hydrogen) atoms. The van der Waals surface area contributed by atoms with E-state index in [9.17, 15) is 9.59 Å². The molecule has 0 rings (SSSR count). The maximum Gasteiger partial charge on any atom is 0.157 e. The van der Waals surface area contributed by atoms with Crippen molar-refractivity contribution in [2.45, 2.75) is 6.92 Å². The van der Waals surface area contributed by atoms with E-state index >= 15 is 0 Å². The predicted molar refractivity (Wildman–Crippen MR) is 33.8 cm³/mol. The molecule has 0 spiro atoms. The van der Waals surface area contributed by atoms with Crippen molar-refractivity contribution in [2.75, 3.05) is 0 Å². The summed E-state index contributed by atoms with van der Waals surface area (Å²) in [6.45, 7) is 1.56. The van der Waals surface area contributed by atoms with Crippen LogP contribution in [-0.2, 0) is 9.59 Å². The molecule has 3 heteroatoms. The molecule has 0 heterocycles. The van der Waals surface area contributed by atoms with Crippen LogP contribution in [0.15, 0.2) is 10.1 Å². The Labute approximate surface area is 55.7 Å². The second-order valence-corrected chi connectivity index (χ2v) is 2.12. The van der Waals surface area contributed by atoms with Crippen molar-refractivity contribution in [1.82, 2.24) is 0 Å². The minimum absolute atomic E-state index is 0.313. The van der Waals surface area contributed by atoms with E-state index in [1.54, 1.807) is 6.92 Å². The van der Waals surface area contributed by atoms with Crippen LogP contribution in [0.5, 0.6) is 0 Å². The lowest BCUT2D eigenvalue weighted by Gasteiger charge is -1.83. The van der Waals surface area contributed by atoms with Gasteiger partial charge in [-0.05, 0) is 22.9 Å². The summed E-state index contributed by atoms with van der Waals surface area (Å²) >= 11 is 2.88. The fourth-order valence-electron chi connectivity index (χ4n) is 0.149. The number of halogens is 1. The molecule has 0 aliphatic carbocycles. The summed E-state index contributed by atoms with van der Waals surface area (Å²) in [7, 11) is 0. The number of hydrogen-bond acceptors (Lipinski definition) is 2. The molecule has 0 aromatic heterocycles. The zero-order valence-corrected chi connectivity index (χ0v) is 5.94. The van der Waals surface area contributed by atoms with Crippen LogP contribution in [0, 0.1) is 0 Å². The second kappa shape index (κ2) is 3.55. The second-order valence-electron chi connectivity index (χ2n) is 1.27. The average molecular weight is 177 g/mol. The van der Waals surface area contributed by atoms with Gasteiger partial charge >= 0.3 is 0 Å². The minimum atomic E-state index is 0.313. The van der Waals surface area contributed by atoms with Gasteiger partial charge in [-0.25, -0.2) is 0 Å². The van der Waals surface area contributed by atoms with Crippen molar-refractivity contribution in [3.05, 3.63) is 10.1 Å². The summed E-state index contributed by atoms with van der Waals surface area (Å²) < 4.78 is 0.313. The molecule has 0 fully saturated rings. The Hall–Kier alpha value is -0.440. The van der Waals surface area contributed by atoms with Crippen molar-refractivity contribution in [3.63, 3.8) is 0 Å². The number of carbonyl (C=O) groups is 2. The Balaban J connectivity index is 4.25. The average Bonchev–Trinajstić information content (AvgIpc) is 1.84. The van der Waals surface area contributed by atoms with E-state index in [-0.39, 0.29) is 0 Å². The Morgan fingerprint density at radius 3 is 2.00 bits per heavy atom. The lowest BCUT2D eigenvalue weighted by atomic mass is 10.3. The minimum Gasteiger partial charge on any atom is -0.298 e.